The molecule has 0 N–H and O–H groups in total. The van der Waals surface area contributed by atoms with Crippen LogP contribution in [0.5, 0.6) is 0 Å². The van der Waals surface area contributed by atoms with Crippen LogP contribution >= 0.6 is 34.5 Å². The van der Waals surface area contributed by atoms with Gasteiger partial charge in [0.05, 0.1) is 15.5 Å². The molecule has 8 heteroatoms. The number of hydrogen-bond donors (Lipinski definition) is 0. The van der Waals surface area contributed by atoms with E-state index in [1.54, 1.807) is 5.38 Å². The molecule has 2 aromatic rings. The smallest absolute Gasteiger partial charge is 0.253 e. The minimum atomic E-state index is -3.50. The van der Waals surface area contributed by atoms with Crippen LogP contribution in [0.2, 0.25) is 5.02 Å². The lowest BCUT2D eigenvalue weighted by Gasteiger charge is -2.10. The number of aromatic nitrogens is 1. The summed E-state index contributed by atoms with van der Waals surface area (Å²) in [5.41, 5.74) is 0.270. The zero-order chi connectivity index (χ0) is 14.2. The standard InChI is InChI=1S/C11H7Cl2NO3S2/c1-19(16,17)7-3-2-6(10(13)15)9(12)8(7)11-14-4-5-18-11/h2-5H,1H3. The van der Waals surface area contributed by atoms with Crippen LogP contribution in [0.15, 0.2) is 28.6 Å². The Balaban J connectivity index is 2.86. The van der Waals surface area contributed by atoms with Crippen LogP contribution in [0.3, 0.4) is 0 Å². The summed E-state index contributed by atoms with van der Waals surface area (Å²) in [4.78, 5) is 15.3. The zero-order valence-corrected chi connectivity index (χ0v) is 12.7. The second kappa shape index (κ2) is 5.20. The van der Waals surface area contributed by atoms with Gasteiger partial charge in [-0.05, 0) is 23.7 Å². The monoisotopic (exact) mass is 335 g/mol. The molecule has 0 atom stereocenters. The van der Waals surface area contributed by atoms with Gasteiger partial charge in [0.1, 0.15) is 5.01 Å². The summed E-state index contributed by atoms with van der Waals surface area (Å²) in [6.45, 7) is 0. The molecule has 1 heterocycles. The molecule has 0 radical (unpaired) electrons. The molecule has 0 fully saturated rings. The molecule has 0 unspecified atom stereocenters. The van der Waals surface area contributed by atoms with Crippen LogP contribution in [-0.4, -0.2) is 24.9 Å². The number of rotatable bonds is 3. The molecule has 0 amide bonds. The summed E-state index contributed by atoms with van der Waals surface area (Å²) in [6.07, 6.45) is 2.59. The molecule has 0 aliphatic carbocycles. The lowest BCUT2D eigenvalue weighted by atomic mass is 10.1. The van der Waals surface area contributed by atoms with Gasteiger partial charge >= 0.3 is 0 Å². The Morgan fingerprint density at radius 1 is 1.37 bits per heavy atom. The number of halogens is 2. The summed E-state index contributed by atoms with van der Waals surface area (Å²) >= 11 is 12.7. The molecule has 2 rings (SSSR count). The normalized spacial score (nSPS) is 11.5. The Kier molecular flexibility index (Phi) is 3.96. The van der Waals surface area contributed by atoms with Gasteiger partial charge in [-0.15, -0.1) is 11.3 Å². The van der Waals surface area contributed by atoms with Crippen molar-refractivity contribution in [3.05, 3.63) is 34.3 Å². The number of sulfone groups is 1. The second-order valence-electron chi connectivity index (χ2n) is 3.68. The van der Waals surface area contributed by atoms with Crippen LogP contribution in [0.4, 0.5) is 0 Å². The molecule has 0 saturated heterocycles. The van der Waals surface area contributed by atoms with Gasteiger partial charge < -0.3 is 0 Å². The van der Waals surface area contributed by atoms with Crippen molar-refractivity contribution in [3.63, 3.8) is 0 Å². The maximum Gasteiger partial charge on any atom is 0.253 e. The van der Waals surface area contributed by atoms with Crippen LogP contribution in [0.1, 0.15) is 10.4 Å². The van der Waals surface area contributed by atoms with E-state index in [-0.39, 0.29) is 21.0 Å². The Morgan fingerprint density at radius 2 is 2.05 bits per heavy atom. The fourth-order valence-corrected chi connectivity index (χ4v) is 3.87. The highest BCUT2D eigenvalue weighted by Gasteiger charge is 2.23. The Hall–Kier alpha value is -0.950. The quantitative estimate of drug-likeness (QED) is 0.807. The van der Waals surface area contributed by atoms with E-state index in [0.29, 0.717) is 5.01 Å². The van der Waals surface area contributed by atoms with E-state index in [0.717, 1.165) is 6.26 Å². The van der Waals surface area contributed by atoms with E-state index < -0.39 is 15.1 Å². The third-order valence-corrected chi connectivity index (χ3v) is 4.89. The lowest BCUT2D eigenvalue weighted by molar-refractivity contribution is 0.108. The summed E-state index contributed by atoms with van der Waals surface area (Å²) in [7, 11) is -3.50. The first kappa shape index (κ1) is 14.5. The summed E-state index contributed by atoms with van der Waals surface area (Å²) in [5.74, 6) is 0. The lowest BCUT2D eigenvalue weighted by Crippen LogP contribution is -2.03. The second-order valence-corrected chi connectivity index (χ2v) is 7.28. The summed E-state index contributed by atoms with van der Waals surface area (Å²) in [6, 6.07) is 2.61. The van der Waals surface area contributed by atoms with Crippen molar-refractivity contribution < 1.29 is 13.2 Å². The average molecular weight is 336 g/mol. The highest BCUT2D eigenvalue weighted by molar-refractivity contribution is 7.90. The van der Waals surface area contributed by atoms with E-state index in [1.165, 1.54) is 29.7 Å². The number of hydrogen-bond acceptors (Lipinski definition) is 5. The number of carbonyl (C=O) groups excluding carboxylic acids is 1. The van der Waals surface area contributed by atoms with E-state index in [2.05, 4.69) is 4.98 Å². The maximum atomic E-state index is 11.8. The summed E-state index contributed by atoms with van der Waals surface area (Å²) < 4.78 is 23.6. The van der Waals surface area contributed by atoms with Crippen molar-refractivity contribution in [2.75, 3.05) is 6.26 Å². The predicted octanol–water partition coefficient (Wildman–Crippen LogP) is 3.25. The molecule has 100 valence electrons. The average Bonchev–Trinajstić information content (AvgIpc) is 2.79. The number of nitrogens with zero attached hydrogens (tertiary/aromatic N) is 1. The van der Waals surface area contributed by atoms with Gasteiger partial charge in [0.25, 0.3) is 5.24 Å². The molecule has 19 heavy (non-hydrogen) atoms. The van der Waals surface area contributed by atoms with Crippen molar-refractivity contribution in [3.8, 4) is 10.6 Å². The van der Waals surface area contributed by atoms with Gasteiger partial charge in [0.2, 0.25) is 0 Å². The van der Waals surface area contributed by atoms with Crippen molar-refractivity contribution >= 4 is 49.6 Å². The van der Waals surface area contributed by atoms with Gasteiger partial charge in [0.15, 0.2) is 9.84 Å². The molecule has 4 nitrogen and oxygen atoms in total. The van der Waals surface area contributed by atoms with Gasteiger partial charge in [0, 0.05) is 23.4 Å². The number of carbonyl (C=O) groups is 1. The molecule has 1 aromatic carbocycles. The topological polar surface area (TPSA) is 64.1 Å². The van der Waals surface area contributed by atoms with E-state index >= 15 is 0 Å². The van der Waals surface area contributed by atoms with E-state index in [4.69, 9.17) is 23.2 Å². The molecular weight excluding hydrogens is 329 g/mol. The van der Waals surface area contributed by atoms with Crippen LogP contribution in [0.25, 0.3) is 10.6 Å². The third-order valence-electron chi connectivity index (χ3n) is 2.36. The largest absolute Gasteiger partial charge is 0.276 e. The SMILES string of the molecule is CS(=O)(=O)c1ccc(C(=O)Cl)c(Cl)c1-c1nccs1. The first-order valence-electron chi connectivity index (χ1n) is 4.94. The van der Waals surface area contributed by atoms with E-state index in [1.807, 2.05) is 0 Å². The molecule has 0 bridgehead atoms. The molecule has 1 aromatic heterocycles. The van der Waals surface area contributed by atoms with Crippen molar-refractivity contribution in [2.45, 2.75) is 4.90 Å². The highest BCUT2D eigenvalue weighted by atomic mass is 35.5. The summed E-state index contributed by atoms with van der Waals surface area (Å²) in [5, 5.41) is 1.36. The highest BCUT2D eigenvalue weighted by Crippen LogP contribution is 2.37. The molecular formula is C11H7Cl2NO3S2. The first-order chi connectivity index (χ1) is 8.82. The molecule has 0 aliphatic rings. The fraction of sp³-hybridized carbons (Fsp3) is 0.0909. The molecule has 0 saturated carbocycles. The van der Waals surface area contributed by atoms with E-state index in [9.17, 15) is 13.2 Å². The van der Waals surface area contributed by atoms with Gasteiger partial charge in [-0.2, -0.15) is 0 Å². The first-order valence-corrected chi connectivity index (χ1v) is 8.47. The van der Waals surface area contributed by atoms with Crippen LogP contribution in [0, 0.1) is 0 Å². The van der Waals surface area contributed by atoms with Crippen molar-refractivity contribution in [2.24, 2.45) is 0 Å². The van der Waals surface area contributed by atoms with Gasteiger partial charge in [-0.1, -0.05) is 11.6 Å². The third kappa shape index (κ3) is 2.81. The zero-order valence-electron chi connectivity index (χ0n) is 9.55. The molecule has 0 aliphatic heterocycles. The maximum absolute atomic E-state index is 11.8. The predicted molar refractivity (Wildman–Crippen MR) is 75.9 cm³/mol. The Labute approximate surface area is 123 Å². The van der Waals surface area contributed by atoms with Crippen molar-refractivity contribution in [1.29, 1.82) is 0 Å². The van der Waals surface area contributed by atoms with Crippen LogP contribution in [-0.2, 0) is 9.84 Å². The minimum absolute atomic E-state index is 0.00197. The Bertz CT molecular complexity index is 740. The minimum Gasteiger partial charge on any atom is -0.276 e. The van der Waals surface area contributed by atoms with Crippen molar-refractivity contribution in [1.82, 2.24) is 4.98 Å². The van der Waals surface area contributed by atoms with Gasteiger partial charge in [-0.25, -0.2) is 13.4 Å². The van der Waals surface area contributed by atoms with Crippen LogP contribution < -0.4 is 0 Å². The number of benzene rings is 1. The fourth-order valence-electron chi connectivity index (χ4n) is 1.57. The molecule has 0 spiro atoms. The Morgan fingerprint density at radius 3 is 2.53 bits per heavy atom. The number of thiazole rings is 1. The van der Waals surface area contributed by atoms with Gasteiger partial charge in [-0.3, -0.25) is 4.79 Å².